The number of anilines is 1. The summed E-state index contributed by atoms with van der Waals surface area (Å²) in [5.41, 5.74) is -0.0966. The van der Waals surface area contributed by atoms with Crippen molar-refractivity contribution in [2.24, 2.45) is 0 Å². The van der Waals surface area contributed by atoms with E-state index in [1.165, 1.54) is 0 Å². The van der Waals surface area contributed by atoms with Gasteiger partial charge in [-0.1, -0.05) is 43.4 Å². The molecule has 1 unspecified atom stereocenters. The van der Waals surface area contributed by atoms with Gasteiger partial charge in [0.2, 0.25) is 0 Å². The lowest BCUT2D eigenvalue weighted by atomic mass is 9.93. The molecule has 6 nitrogen and oxygen atoms in total. The van der Waals surface area contributed by atoms with Gasteiger partial charge in [-0.15, -0.1) is 6.42 Å². The summed E-state index contributed by atoms with van der Waals surface area (Å²) in [5.74, 6) is 2.59. The first-order valence-corrected chi connectivity index (χ1v) is 6.71. The van der Waals surface area contributed by atoms with Crippen molar-refractivity contribution in [1.29, 1.82) is 0 Å². The average molecular weight is 310 g/mol. The first kappa shape index (κ1) is 15.4. The topological polar surface area (TPSA) is 78.6 Å². The standard InChI is InChI=1S/C14H16ClN3O3/c1-5-6-16-11-10(15)12(19)18(13(11)20)9-7-8(21-17-9)14(2,3)4/h1,7,13,16,20H,6H2,2-4H3. The molecule has 0 spiro atoms. The molecule has 0 fully saturated rings. The average Bonchev–Trinajstić information content (AvgIpc) is 2.94. The molecule has 7 heteroatoms. The lowest BCUT2D eigenvalue weighted by Gasteiger charge is -2.19. The predicted octanol–water partition coefficient (Wildman–Crippen LogP) is 1.31. The molecule has 1 atom stereocenters. The normalized spacial score (nSPS) is 19.1. The molecule has 0 saturated heterocycles. The van der Waals surface area contributed by atoms with Gasteiger partial charge in [0, 0.05) is 11.5 Å². The Morgan fingerprint density at radius 3 is 2.81 bits per heavy atom. The number of nitrogens with one attached hydrogen (secondary N) is 1. The van der Waals surface area contributed by atoms with Crippen LogP contribution in [0.5, 0.6) is 0 Å². The SMILES string of the molecule is C#CCNC1=C(Cl)C(=O)N(c2cc(C(C)(C)C)on2)C1O. The monoisotopic (exact) mass is 309 g/mol. The highest BCUT2D eigenvalue weighted by atomic mass is 35.5. The Balaban J connectivity index is 2.29. The molecule has 2 heterocycles. The van der Waals surface area contributed by atoms with Crippen molar-refractivity contribution in [3.63, 3.8) is 0 Å². The van der Waals surface area contributed by atoms with Crippen LogP contribution >= 0.6 is 11.6 Å². The van der Waals surface area contributed by atoms with E-state index >= 15 is 0 Å². The van der Waals surface area contributed by atoms with Gasteiger partial charge in [-0.3, -0.25) is 9.69 Å². The van der Waals surface area contributed by atoms with Crippen LogP contribution in [-0.4, -0.2) is 28.9 Å². The second kappa shape index (κ2) is 5.43. The second-order valence-electron chi connectivity index (χ2n) is 5.63. The van der Waals surface area contributed by atoms with Gasteiger partial charge in [0.05, 0.1) is 12.2 Å². The smallest absolute Gasteiger partial charge is 0.275 e. The Labute approximate surface area is 127 Å². The minimum absolute atomic E-state index is 0.113. The summed E-state index contributed by atoms with van der Waals surface area (Å²) in [4.78, 5) is 13.2. The summed E-state index contributed by atoms with van der Waals surface area (Å²) in [6.07, 6.45) is 3.88. The maximum absolute atomic E-state index is 12.2. The quantitative estimate of drug-likeness (QED) is 0.823. The van der Waals surface area contributed by atoms with Crippen LogP contribution < -0.4 is 10.2 Å². The van der Waals surface area contributed by atoms with Crippen LogP contribution in [0.4, 0.5) is 5.82 Å². The number of aliphatic hydroxyl groups excluding tert-OH is 1. The molecule has 1 aliphatic rings. The molecule has 0 aliphatic carbocycles. The van der Waals surface area contributed by atoms with Crippen LogP contribution in [-0.2, 0) is 10.2 Å². The van der Waals surface area contributed by atoms with Crippen molar-refractivity contribution in [2.75, 3.05) is 11.4 Å². The number of rotatable bonds is 3. The maximum Gasteiger partial charge on any atom is 0.275 e. The number of halogens is 1. The van der Waals surface area contributed by atoms with Crippen molar-refractivity contribution < 1.29 is 14.4 Å². The summed E-state index contributed by atoms with van der Waals surface area (Å²) in [7, 11) is 0. The first-order chi connectivity index (χ1) is 9.77. The highest BCUT2D eigenvalue weighted by Gasteiger charge is 2.40. The zero-order valence-corrected chi connectivity index (χ0v) is 12.7. The number of carbonyl (C=O) groups excluding carboxylic acids is 1. The van der Waals surface area contributed by atoms with E-state index in [0.717, 1.165) is 4.90 Å². The Bertz CT molecular complexity index is 637. The zero-order chi connectivity index (χ0) is 15.8. The number of terminal acetylenes is 1. The molecule has 0 aromatic carbocycles. The Hall–Kier alpha value is -1.97. The molecule has 1 aromatic rings. The van der Waals surface area contributed by atoms with E-state index in [2.05, 4.69) is 16.4 Å². The van der Waals surface area contributed by atoms with E-state index in [-0.39, 0.29) is 28.5 Å². The van der Waals surface area contributed by atoms with Crippen LogP contribution in [0.3, 0.4) is 0 Å². The lowest BCUT2D eigenvalue weighted by molar-refractivity contribution is -0.115. The fourth-order valence-corrected chi connectivity index (χ4v) is 2.11. The summed E-state index contributed by atoms with van der Waals surface area (Å²) in [6, 6.07) is 1.61. The molecule has 112 valence electrons. The van der Waals surface area contributed by atoms with Crippen LogP contribution in [0.2, 0.25) is 0 Å². The number of aromatic nitrogens is 1. The van der Waals surface area contributed by atoms with E-state index in [0.29, 0.717) is 5.76 Å². The summed E-state index contributed by atoms with van der Waals surface area (Å²) >= 11 is 5.94. The largest absolute Gasteiger partial charge is 0.372 e. The third-order valence-corrected chi connectivity index (χ3v) is 3.38. The molecule has 1 aromatic heterocycles. The molecule has 2 N–H and O–H groups in total. The highest BCUT2D eigenvalue weighted by Crippen LogP contribution is 2.32. The molecule has 0 radical (unpaired) electrons. The van der Waals surface area contributed by atoms with Gasteiger partial charge in [0.25, 0.3) is 5.91 Å². The molecular weight excluding hydrogens is 294 g/mol. The number of hydrogen-bond acceptors (Lipinski definition) is 5. The van der Waals surface area contributed by atoms with Crippen molar-refractivity contribution in [3.8, 4) is 12.3 Å². The summed E-state index contributed by atoms with van der Waals surface area (Å²) < 4.78 is 5.22. The summed E-state index contributed by atoms with van der Waals surface area (Å²) in [6.45, 7) is 6.00. The van der Waals surface area contributed by atoms with Crippen molar-refractivity contribution >= 4 is 23.3 Å². The number of amides is 1. The minimum atomic E-state index is -1.27. The highest BCUT2D eigenvalue weighted by molar-refractivity contribution is 6.45. The van der Waals surface area contributed by atoms with Gasteiger partial charge in [-0.25, -0.2) is 0 Å². The number of carbonyl (C=O) groups is 1. The molecular formula is C14H16ClN3O3. The molecule has 1 aliphatic heterocycles. The third-order valence-electron chi connectivity index (χ3n) is 3.01. The Kier molecular flexibility index (Phi) is 3.99. The van der Waals surface area contributed by atoms with Crippen molar-refractivity contribution in [1.82, 2.24) is 10.5 Å². The Morgan fingerprint density at radius 1 is 1.62 bits per heavy atom. The number of nitrogens with zero attached hydrogens (tertiary/aromatic N) is 2. The number of hydrogen-bond donors (Lipinski definition) is 2. The zero-order valence-electron chi connectivity index (χ0n) is 12.0. The molecule has 21 heavy (non-hydrogen) atoms. The van der Waals surface area contributed by atoms with Gasteiger partial charge in [-0.05, 0) is 0 Å². The van der Waals surface area contributed by atoms with Crippen LogP contribution in [0.15, 0.2) is 21.3 Å². The van der Waals surface area contributed by atoms with Crippen LogP contribution in [0, 0.1) is 12.3 Å². The molecule has 0 bridgehead atoms. The molecule has 1 amide bonds. The van der Waals surface area contributed by atoms with E-state index in [1.54, 1.807) is 6.07 Å². The summed E-state index contributed by atoms with van der Waals surface area (Å²) in [5, 5.41) is 16.7. The Morgan fingerprint density at radius 2 is 2.29 bits per heavy atom. The first-order valence-electron chi connectivity index (χ1n) is 6.33. The fourth-order valence-electron chi connectivity index (χ4n) is 1.85. The third kappa shape index (κ3) is 2.75. The van der Waals surface area contributed by atoms with Gasteiger partial charge in [0.15, 0.2) is 12.0 Å². The van der Waals surface area contributed by atoms with Crippen LogP contribution in [0.1, 0.15) is 26.5 Å². The van der Waals surface area contributed by atoms with Gasteiger partial charge >= 0.3 is 0 Å². The minimum Gasteiger partial charge on any atom is -0.372 e. The second-order valence-corrected chi connectivity index (χ2v) is 6.01. The van der Waals surface area contributed by atoms with Gasteiger partial charge in [-0.2, -0.15) is 0 Å². The van der Waals surface area contributed by atoms with Crippen molar-refractivity contribution in [3.05, 3.63) is 22.6 Å². The van der Waals surface area contributed by atoms with E-state index in [9.17, 15) is 9.90 Å². The fraction of sp³-hybridized carbons (Fsp3) is 0.429. The van der Waals surface area contributed by atoms with Gasteiger partial charge in [0.1, 0.15) is 10.8 Å². The van der Waals surface area contributed by atoms with Crippen LogP contribution in [0.25, 0.3) is 0 Å². The lowest BCUT2D eigenvalue weighted by Crippen LogP contribution is -2.38. The van der Waals surface area contributed by atoms with E-state index in [4.69, 9.17) is 22.5 Å². The molecule has 0 saturated carbocycles. The number of aliphatic hydroxyl groups is 1. The van der Waals surface area contributed by atoms with E-state index in [1.807, 2.05) is 20.8 Å². The van der Waals surface area contributed by atoms with E-state index < -0.39 is 12.1 Å². The predicted molar refractivity (Wildman–Crippen MR) is 78.4 cm³/mol. The van der Waals surface area contributed by atoms with Crippen molar-refractivity contribution in [2.45, 2.75) is 32.4 Å². The maximum atomic E-state index is 12.2. The van der Waals surface area contributed by atoms with Gasteiger partial charge < -0.3 is 14.9 Å². The molecule has 2 rings (SSSR count).